The summed E-state index contributed by atoms with van der Waals surface area (Å²) in [4.78, 5) is 72.8. The lowest BCUT2D eigenvalue weighted by Crippen LogP contribution is -2.91. The predicted molar refractivity (Wildman–Crippen MR) is 140 cm³/mol. The second-order valence-electron chi connectivity index (χ2n) is 8.93. The highest BCUT2D eigenvalue weighted by Crippen LogP contribution is 2.25. The Kier molecular flexibility index (Phi) is 17.1. The summed E-state index contributed by atoms with van der Waals surface area (Å²) < 4.78 is 68.3. The van der Waals surface area contributed by atoms with Gasteiger partial charge in [0.2, 0.25) is 0 Å². The first-order valence-corrected chi connectivity index (χ1v) is 35.8. The Morgan fingerprint density at radius 2 is 1.06 bits per heavy atom. The maximum Gasteiger partial charge on any atom is 0.483 e. The van der Waals surface area contributed by atoms with Gasteiger partial charge >= 0.3 is 63.0 Å². The Morgan fingerprint density at radius 1 is 0.750 bits per heavy atom. The van der Waals surface area contributed by atoms with Crippen molar-refractivity contribution in [2.75, 3.05) is 0 Å². The summed E-state index contributed by atoms with van der Waals surface area (Å²) in [5, 5.41) is 0. The minimum atomic E-state index is -5.60. The lowest BCUT2D eigenvalue weighted by molar-refractivity contribution is 0.439. The molecule has 1 aliphatic rings. The Hall–Kier alpha value is -0.571. The van der Waals surface area contributed by atoms with Crippen LogP contribution in [0.2, 0.25) is 32.2 Å². The van der Waals surface area contributed by atoms with Crippen molar-refractivity contribution < 1.29 is 65.1 Å². The van der Waals surface area contributed by atoms with Crippen LogP contribution in [0, 0.1) is 5.92 Å². The number of rotatable bonds is 10. The smallest absolute Gasteiger partial charge is 0.483 e. The highest BCUT2D eigenvalue weighted by atomic mass is 30.4. The Morgan fingerprint density at radius 3 is 1.25 bits per heavy atom. The van der Waals surface area contributed by atoms with Gasteiger partial charge in [-0.3, -0.25) is 0 Å². The average Bonchev–Trinajstić information content (AvgIpc) is 2.68. The monoisotopic (exact) mass is 682 g/mol. The van der Waals surface area contributed by atoms with Crippen molar-refractivity contribution in [3.05, 3.63) is 12.2 Å². The van der Waals surface area contributed by atoms with Gasteiger partial charge in [-0.25, -0.2) is 0 Å². The zero-order chi connectivity index (χ0) is 29.1. The standard InChI is InChI=1S/C10H20OSi.C2H8OSi.H6O12Si8/c1-12(2,11)9-8-10-6-4-3-5-7-10;1-4(2)3;1-13(2)19(14(3)4,15(5)6)20(16(7)8,17(9)10)18(11)12/h3-4,10-11H,5-9H2,1-2H3;3-4H,1-2H3;1,3,5,7,9,11H. The van der Waals surface area contributed by atoms with E-state index in [0.29, 0.717) is 0 Å². The normalized spacial score (nSPS) is 15.5. The maximum atomic E-state index is 11.4. The van der Waals surface area contributed by atoms with Crippen LogP contribution in [0.3, 0.4) is 0 Å². The fourth-order valence-electron chi connectivity index (χ4n) is 3.19. The second kappa shape index (κ2) is 16.4. The SMILES string of the molecule is C[SiH](C)O.C[Si](C)(O)CCC1CC=CCC1.O=[Si](O)[Si]([Si](=O)O)([Si](=O)O)[Si]([Si](=O)O)([Si](=O)O)[Si](=O)O. The first-order chi connectivity index (χ1) is 16.2. The summed E-state index contributed by atoms with van der Waals surface area (Å²) in [6, 6.07) is 1.07. The zero-order valence-corrected chi connectivity index (χ0v) is 30.5. The van der Waals surface area contributed by atoms with E-state index in [2.05, 4.69) is 12.2 Å². The van der Waals surface area contributed by atoms with Gasteiger partial charge in [0, 0.05) is 0 Å². The van der Waals surface area contributed by atoms with Gasteiger partial charge in [0.1, 0.15) is 0 Å². The van der Waals surface area contributed by atoms with Crippen LogP contribution in [0.1, 0.15) is 25.7 Å². The third kappa shape index (κ3) is 10.3. The fraction of sp³-hybridized carbons (Fsp3) is 0.833. The van der Waals surface area contributed by atoms with E-state index < -0.39 is 80.3 Å². The molecule has 0 saturated carbocycles. The van der Waals surface area contributed by atoms with E-state index in [9.17, 15) is 31.6 Å². The highest BCUT2D eigenvalue weighted by molar-refractivity contribution is 8.14. The molecule has 206 valence electrons. The average molecular weight is 683 g/mol. The topological polar surface area (TPSA) is 264 Å². The Balaban J connectivity index is 0. The minimum absolute atomic E-state index is 0.855. The lowest BCUT2D eigenvalue weighted by atomic mass is 9.92. The summed E-state index contributed by atoms with van der Waals surface area (Å²) >= 11 is 0. The van der Waals surface area contributed by atoms with Gasteiger partial charge in [0.05, 0.1) is 0 Å². The largest absolute Gasteiger partial charge is 0.542 e. The molecule has 0 radical (unpaired) electrons. The highest BCUT2D eigenvalue weighted by Gasteiger charge is 2.91. The van der Waals surface area contributed by atoms with E-state index in [1.165, 1.54) is 25.7 Å². The molecule has 0 aromatic carbocycles. The molecule has 36 heavy (non-hydrogen) atoms. The first-order valence-electron chi connectivity index (χ1n) is 10.7. The molecule has 8 N–H and O–H groups in total. The van der Waals surface area contributed by atoms with Crippen molar-refractivity contribution in [1.82, 2.24) is 0 Å². The van der Waals surface area contributed by atoms with Gasteiger partial charge in [-0.2, -0.15) is 0 Å². The molecule has 1 atom stereocenters. The number of hydrogen-bond donors (Lipinski definition) is 8. The summed E-state index contributed by atoms with van der Waals surface area (Å²) in [5.74, 6) is 0.855. The van der Waals surface area contributed by atoms with Gasteiger partial charge in [0.25, 0.3) is 0 Å². The van der Waals surface area contributed by atoms with Gasteiger partial charge in [0.15, 0.2) is 17.4 Å². The molecule has 1 aliphatic carbocycles. The van der Waals surface area contributed by atoms with Crippen molar-refractivity contribution >= 4 is 80.3 Å². The zero-order valence-electron chi connectivity index (χ0n) is 20.4. The maximum absolute atomic E-state index is 11.4. The summed E-state index contributed by atoms with van der Waals surface area (Å²) in [6.07, 6.45) is -1.58. The molecule has 1 rings (SSSR count). The van der Waals surface area contributed by atoms with Crippen molar-refractivity contribution in [2.24, 2.45) is 5.92 Å². The van der Waals surface area contributed by atoms with Gasteiger partial charge in [-0.1, -0.05) is 18.6 Å². The van der Waals surface area contributed by atoms with E-state index in [1.807, 2.05) is 26.2 Å². The molecule has 0 aromatic heterocycles. The van der Waals surface area contributed by atoms with Crippen LogP contribution in [0.4, 0.5) is 0 Å². The van der Waals surface area contributed by atoms with Crippen LogP contribution < -0.4 is 0 Å². The molecular weight excluding hydrogens is 649 g/mol. The van der Waals surface area contributed by atoms with Crippen molar-refractivity contribution in [1.29, 1.82) is 0 Å². The molecule has 0 bridgehead atoms. The van der Waals surface area contributed by atoms with Crippen LogP contribution in [0.25, 0.3) is 0 Å². The third-order valence-electron chi connectivity index (χ3n) is 5.03. The van der Waals surface area contributed by atoms with Crippen molar-refractivity contribution in [3.63, 3.8) is 0 Å². The van der Waals surface area contributed by atoms with Crippen LogP contribution in [-0.4, -0.2) is 119 Å². The minimum Gasteiger partial charge on any atom is -0.542 e. The van der Waals surface area contributed by atoms with Gasteiger partial charge in [-0.15, -0.1) is 0 Å². The van der Waals surface area contributed by atoms with Crippen LogP contribution in [0.15, 0.2) is 12.2 Å². The molecule has 14 nitrogen and oxygen atoms in total. The fourth-order valence-corrected chi connectivity index (χ4v) is 95.6. The summed E-state index contributed by atoms with van der Waals surface area (Å²) in [6.45, 7) is 7.79. The molecule has 0 fully saturated rings. The van der Waals surface area contributed by atoms with E-state index >= 15 is 0 Å². The molecular formula is C12H34O14Si10. The Bertz CT molecular complexity index is 748. The third-order valence-corrected chi connectivity index (χ3v) is 102. The van der Waals surface area contributed by atoms with Crippen LogP contribution in [-0.2, 0) is 26.8 Å². The first kappa shape index (κ1) is 37.6. The predicted octanol–water partition coefficient (Wildman–Crippen LogP) is -4.21. The number of allylic oxidation sites excluding steroid dienone is 2. The molecule has 0 heterocycles. The molecule has 0 spiro atoms. The quantitative estimate of drug-likeness (QED) is 0.0802. The molecule has 0 aliphatic heterocycles. The second-order valence-corrected chi connectivity index (χ2v) is 65.6. The summed E-state index contributed by atoms with van der Waals surface area (Å²) in [7, 11) is -30.0. The molecule has 0 amide bonds. The van der Waals surface area contributed by atoms with E-state index in [0.717, 1.165) is 12.0 Å². The van der Waals surface area contributed by atoms with E-state index in [4.69, 9.17) is 33.6 Å². The van der Waals surface area contributed by atoms with Gasteiger partial charge in [-0.05, 0) is 57.4 Å². The van der Waals surface area contributed by atoms with Crippen molar-refractivity contribution in [3.8, 4) is 0 Å². The van der Waals surface area contributed by atoms with Crippen molar-refractivity contribution in [2.45, 2.75) is 57.9 Å². The van der Waals surface area contributed by atoms with Gasteiger partial charge < -0.3 is 65.1 Å². The molecule has 0 aromatic rings. The summed E-state index contributed by atoms with van der Waals surface area (Å²) in [5.41, 5.74) is 0. The van der Waals surface area contributed by atoms with Crippen LogP contribution >= 0.6 is 0 Å². The van der Waals surface area contributed by atoms with E-state index in [-0.39, 0.29) is 0 Å². The van der Waals surface area contributed by atoms with E-state index in [1.54, 1.807) is 0 Å². The van der Waals surface area contributed by atoms with Crippen LogP contribution in [0.5, 0.6) is 0 Å². The molecule has 0 saturated heterocycles. The lowest BCUT2D eigenvalue weighted by Gasteiger charge is -2.23. The Labute approximate surface area is 220 Å². The molecule has 24 heteroatoms. The number of hydrogen-bond acceptors (Lipinski definition) is 8. The molecule has 1 unspecified atom stereocenters.